The molecule has 4 nitrogen and oxygen atoms in total. The first-order valence-corrected chi connectivity index (χ1v) is 6.14. The maximum atomic E-state index is 13.2. The van der Waals surface area contributed by atoms with E-state index in [0.717, 1.165) is 0 Å². The molecule has 1 heterocycles. The zero-order chi connectivity index (χ0) is 14.2. The molecule has 4 N–H and O–H groups in total. The summed E-state index contributed by atoms with van der Waals surface area (Å²) in [5, 5.41) is 3.59. The number of aryl methyl sites for hydroxylation is 1. The van der Waals surface area contributed by atoms with Gasteiger partial charge in [0.25, 0.3) is 5.91 Å². The van der Waals surface area contributed by atoms with Gasteiger partial charge in [0.05, 0.1) is 5.56 Å². The monoisotopic (exact) mass is 263 g/mol. The minimum Gasteiger partial charge on any atom is -0.358 e. The molecule has 5 heteroatoms. The molecule has 1 amide bonds. The van der Waals surface area contributed by atoms with Gasteiger partial charge in [-0.2, -0.15) is 0 Å². The molecule has 0 atom stereocenters. The smallest absolute Gasteiger partial charge is 0.254 e. The number of fused-ring (bicyclic) bond motifs is 1. The second kappa shape index (κ2) is 4.66. The van der Waals surface area contributed by atoms with Gasteiger partial charge in [0.1, 0.15) is 5.82 Å². The molecule has 0 unspecified atom stereocenters. The average molecular weight is 263 g/mol. The van der Waals surface area contributed by atoms with Crippen molar-refractivity contribution >= 4 is 16.8 Å². The zero-order valence-corrected chi connectivity index (χ0v) is 11.3. The van der Waals surface area contributed by atoms with Crippen molar-refractivity contribution in [2.45, 2.75) is 26.3 Å². The Balaban J connectivity index is 2.45. The normalized spacial score (nSPS) is 11.8. The first kappa shape index (κ1) is 13.5. The molecule has 0 radical (unpaired) electrons. The van der Waals surface area contributed by atoms with E-state index in [1.54, 1.807) is 13.0 Å². The zero-order valence-electron chi connectivity index (χ0n) is 11.3. The summed E-state index contributed by atoms with van der Waals surface area (Å²) in [5.74, 6) is -0.534. The Hall–Kier alpha value is -1.88. The lowest BCUT2D eigenvalue weighted by atomic mass is 10.0. The molecule has 2 aromatic rings. The molecule has 2 rings (SSSR count). The molecule has 0 aliphatic heterocycles. The summed E-state index contributed by atoms with van der Waals surface area (Å²) >= 11 is 0. The van der Waals surface area contributed by atoms with Crippen LogP contribution in [0, 0.1) is 12.7 Å². The van der Waals surface area contributed by atoms with Crippen molar-refractivity contribution in [1.29, 1.82) is 0 Å². The minimum atomic E-state index is -0.479. The third kappa shape index (κ3) is 2.61. The average Bonchev–Trinajstić information content (AvgIpc) is 2.63. The van der Waals surface area contributed by atoms with E-state index in [0.29, 0.717) is 28.7 Å². The number of H-pyrrole nitrogens is 1. The van der Waals surface area contributed by atoms with Crippen LogP contribution in [-0.4, -0.2) is 23.0 Å². The highest BCUT2D eigenvalue weighted by Gasteiger charge is 2.23. The number of halogens is 1. The molecule has 1 aromatic heterocycles. The summed E-state index contributed by atoms with van der Waals surface area (Å²) < 4.78 is 13.2. The summed E-state index contributed by atoms with van der Waals surface area (Å²) in [6.45, 7) is 5.85. The highest BCUT2D eigenvalue weighted by atomic mass is 19.1. The topological polar surface area (TPSA) is 70.9 Å². The second-order valence-electron chi connectivity index (χ2n) is 5.36. The van der Waals surface area contributed by atoms with Gasteiger partial charge in [-0.1, -0.05) is 0 Å². The van der Waals surface area contributed by atoms with Gasteiger partial charge in [-0.05, 0) is 39.0 Å². The Bertz CT molecular complexity index is 631. The minimum absolute atomic E-state index is 0.203. The van der Waals surface area contributed by atoms with Crippen LogP contribution in [0.2, 0.25) is 0 Å². The van der Waals surface area contributed by atoms with E-state index in [-0.39, 0.29) is 11.7 Å². The van der Waals surface area contributed by atoms with E-state index in [9.17, 15) is 9.18 Å². The van der Waals surface area contributed by atoms with Crippen LogP contribution in [-0.2, 0) is 0 Å². The van der Waals surface area contributed by atoms with Crippen molar-refractivity contribution < 1.29 is 9.18 Å². The van der Waals surface area contributed by atoms with Crippen LogP contribution >= 0.6 is 0 Å². The van der Waals surface area contributed by atoms with Crippen LogP contribution < -0.4 is 11.1 Å². The lowest BCUT2D eigenvalue weighted by Gasteiger charge is -2.24. The first-order chi connectivity index (χ1) is 8.84. The second-order valence-corrected chi connectivity index (χ2v) is 5.36. The quantitative estimate of drug-likeness (QED) is 0.793. The van der Waals surface area contributed by atoms with Crippen molar-refractivity contribution in [2.75, 3.05) is 6.54 Å². The number of aromatic amines is 1. The third-order valence-corrected chi connectivity index (χ3v) is 3.14. The van der Waals surface area contributed by atoms with Crippen molar-refractivity contribution in [3.05, 3.63) is 35.3 Å². The largest absolute Gasteiger partial charge is 0.358 e. The third-order valence-electron chi connectivity index (χ3n) is 3.14. The molecule has 1 aromatic carbocycles. The predicted octanol–water partition coefficient (Wildman–Crippen LogP) is 2.08. The van der Waals surface area contributed by atoms with Crippen LogP contribution in [0.15, 0.2) is 18.2 Å². The molecule has 0 spiro atoms. The molecule has 0 bridgehead atoms. The number of nitrogens with one attached hydrogen (secondary N) is 2. The summed E-state index contributed by atoms with van der Waals surface area (Å²) in [6.07, 6.45) is 0. The first-order valence-electron chi connectivity index (χ1n) is 6.14. The molecular weight excluding hydrogens is 245 g/mol. The number of nitrogens with two attached hydrogens (primary N) is 1. The fourth-order valence-electron chi connectivity index (χ4n) is 2.02. The van der Waals surface area contributed by atoms with Gasteiger partial charge >= 0.3 is 0 Å². The van der Waals surface area contributed by atoms with Gasteiger partial charge in [0.15, 0.2) is 0 Å². The molecule has 0 fully saturated rings. The number of aromatic nitrogens is 1. The van der Waals surface area contributed by atoms with Gasteiger partial charge in [-0.25, -0.2) is 4.39 Å². The van der Waals surface area contributed by atoms with Gasteiger partial charge in [0.2, 0.25) is 0 Å². The van der Waals surface area contributed by atoms with Crippen LogP contribution in [0.4, 0.5) is 4.39 Å². The Morgan fingerprint density at radius 1 is 1.47 bits per heavy atom. The molecule has 0 aliphatic rings. The van der Waals surface area contributed by atoms with Gasteiger partial charge < -0.3 is 16.0 Å². The summed E-state index contributed by atoms with van der Waals surface area (Å²) in [7, 11) is 0. The number of carbonyl (C=O) groups excluding carboxylic acids is 1. The molecule has 0 aliphatic carbocycles. The van der Waals surface area contributed by atoms with E-state index in [1.165, 1.54) is 12.1 Å². The maximum absolute atomic E-state index is 13.2. The molecular formula is C14H18FN3O. The summed E-state index contributed by atoms with van der Waals surface area (Å²) in [5.41, 5.74) is 7.00. The number of hydrogen-bond acceptors (Lipinski definition) is 2. The molecule has 19 heavy (non-hydrogen) atoms. The van der Waals surface area contributed by atoms with Crippen LogP contribution in [0.3, 0.4) is 0 Å². The highest BCUT2D eigenvalue weighted by Crippen LogP contribution is 2.23. The van der Waals surface area contributed by atoms with Gasteiger partial charge in [-0.15, -0.1) is 0 Å². The van der Waals surface area contributed by atoms with E-state index in [1.807, 2.05) is 13.8 Å². The van der Waals surface area contributed by atoms with Crippen LogP contribution in [0.1, 0.15) is 29.9 Å². The standard InChI is InChI=1S/C14H18FN3O/c1-8-12(13(19)18-14(2,3)7-16)10-5-4-9(15)6-11(10)17-8/h4-6,17H,7,16H2,1-3H3,(H,18,19). The van der Waals surface area contributed by atoms with E-state index < -0.39 is 5.54 Å². The Kier molecular flexibility index (Phi) is 3.32. The maximum Gasteiger partial charge on any atom is 0.254 e. The van der Waals surface area contributed by atoms with E-state index in [2.05, 4.69) is 10.3 Å². The molecule has 102 valence electrons. The number of hydrogen-bond donors (Lipinski definition) is 3. The van der Waals surface area contributed by atoms with Crippen molar-refractivity contribution in [2.24, 2.45) is 5.73 Å². The van der Waals surface area contributed by atoms with Crippen molar-refractivity contribution in [3.63, 3.8) is 0 Å². The Morgan fingerprint density at radius 3 is 2.79 bits per heavy atom. The Morgan fingerprint density at radius 2 is 2.16 bits per heavy atom. The molecule has 0 saturated heterocycles. The van der Waals surface area contributed by atoms with Gasteiger partial charge in [0, 0.05) is 28.7 Å². The SMILES string of the molecule is Cc1[nH]c2cc(F)ccc2c1C(=O)NC(C)(C)CN. The predicted molar refractivity (Wildman–Crippen MR) is 73.6 cm³/mol. The number of carbonyl (C=O) groups is 1. The fraction of sp³-hybridized carbons (Fsp3) is 0.357. The summed E-state index contributed by atoms with van der Waals surface area (Å²) in [4.78, 5) is 15.3. The number of benzene rings is 1. The lowest BCUT2D eigenvalue weighted by molar-refractivity contribution is 0.0917. The number of rotatable bonds is 3. The van der Waals surface area contributed by atoms with E-state index in [4.69, 9.17) is 5.73 Å². The van der Waals surface area contributed by atoms with Crippen LogP contribution in [0.25, 0.3) is 10.9 Å². The fourth-order valence-corrected chi connectivity index (χ4v) is 2.02. The van der Waals surface area contributed by atoms with Crippen molar-refractivity contribution in [1.82, 2.24) is 10.3 Å². The molecule has 0 saturated carbocycles. The summed E-state index contributed by atoms with van der Waals surface area (Å²) in [6, 6.07) is 4.34. The van der Waals surface area contributed by atoms with Crippen molar-refractivity contribution in [3.8, 4) is 0 Å². The van der Waals surface area contributed by atoms with E-state index >= 15 is 0 Å². The highest BCUT2D eigenvalue weighted by molar-refractivity contribution is 6.08. The lowest BCUT2D eigenvalue weighted by Crippen LogP contribution is -2.48. The Labute approximate surface area is 111 Å². The van der Waals surface area contributed by atoms with Gasteiger partial charge in [-0.3, -0.25) is 4.79 Å². The van der Waals surface area contributed by atoms with Crippen LogP contribution in [0.5, 0.6) is 0 Å². The number of amides is 1.